The van der Waals surface area contributed by atoms with Crippen molar-refractivity contribution in [2.45, 2.75) is 233 Å². The highest BCUT2D eigenvalue weighted by Crippen LogP contribution is 2.46. The van der Waals surface area contributed by atoms with Gasteiger partial charge >= 0.3 is 0 Å². The van der Waals surface area contributed by atoms with Gasteiger partial charge in [0.05, 0.1) is 5.69 Å². The van der Waals surface area contributed by atoms with E-state index in [-0.39, 0.29) is 11.8 Å². The normalized spacial score (nSPS) is 12.9. The highest BCUT2D eigenvalue weighted by molar-refractivity contribution is 9.10. The van der Waals surface area contributed by atoms with E-state index in [0.717, 1.165) is 74.6 Å². The van der Waals surface area contributed by atoms with E-state index in [4.69, 9.17) is 0 Å². The maximum Gasteiger partial charge on any atom is 0.265 e. The Bertz CT molecular complexity index is 2400. The summed E-state index contributed by atoms with van der Waals surface area (Å²) in [5.74, 6) is -0.383. The number of benzene rings is 6. The van der Waals surface area contributed by atoms with Crippen LogP contribution in [0.5, 0.6) is 0 Å². The van der Waals surface area contributed by atoms with Gasteiger partial charge in [0.2, 0.25) is 0 Å². The summed E-state index contributed by atoms with van der Waals surface area (Å²) in [7, 11) is 0. The first-order chi connectivity index (χ1) is 33.5. The molecular formula is C64H86BrNO2. The molecule has 0 radical (unpaired) electrons. The van der Waals surface area contributed by atoms with Gasteiger partial charge in [-0.25, -0.2) is 4.90 Å². The third-order valence-corrected chi connectivity index (χ3v) is 16.3. The van der Waals surface area contributed by atoms with Gasteiger partial charge in [0.25, 0.3) is 11.8 Å². The summed E-state index contributed by atoms with van der Waals surface area (Å²) in [6.07, 6.45) is 42.8. The van der Waals surface area contributed by atoms with Gasteiger partial charge in [0, 0.05) is 21.0 Å². The number of amides is 2. The SMILES string of the molecule is CCCCCCCCCCCCc1cc(N2C(=O)c3ccc4c5cccc6c(Br)ccc(c7ccc(c3c47)C2=O)c65)cc(CCCCCCCCCCCC)c1CCCCCCCCCCCC. The number of hydrogen-bond donors (Lipinski definition) is 0. The van der Waals surface area contributed by atoms with Crippen LogP contribution in [0.4, 0.5) is 5.69 Å². The quantitative estimate of drug-likeness (QED) is 0.0175. The molecule has 68 heavy (non-hydrogen) atoms. The van der Waals surface area contributed by atoms with Gasteiger partial charge in [-0.05, 0) is 123 Å². The molecule has 4 heteroatoms. The largest absolute Gasteiger partial charge is 0.268 e. The Labute approximate surface area is 420 Å². The molecule has 6 aromatic carbocycles. The van der Waals surface area contributed by atoms with E-state index < -0.39 is 0 Å². The molecule has 0 N–H and O–H groups in total. The molecule has 366 valence electrons. The van der Waals surface area contributed by atoms with Crippen LogP contribution in [-0.2, 0) is 19.3 Å². The molecule has 0 fully saturated rings. The van der Waals surface area contributed by atoms with Crippen molar-refractivity contribution in [1.82, 2.24) is 0 Å². The Morgan fingerprint density at radius 1 is 0.368 bits per heavy atom. The number of nitrogens with zero attached hydrogens (tertiary/aromatic N) is 1. The fraction of sp³-hybridized carbons (Fsp3) is 0.562. The van der Waals surface area contributed by atoms with Crippen LogP contribution >= 0.6 is 15.9 Å². The van der Waals surface area contributed by atoms with Gasteiger partial charge in [-0.3, -0.25) is 9.59 Å². The lowest BCUT2D eigenvalue weighted by molar-refractivity contribution is 0.0893. The van der Waals surface area contributed by atoms with Crippen LogP contribution in [-0.4, -0.2) is 11.8 Å². The van der Waals surface area contributed by atoms with E-state index in [1.165, 1.54) is 207 Å². The topological polar surface area (TPSA) is 37.4 Å². The molecule has 0 aliphatic carbocycles. The minimum atomic E-state index is -0.191. The minimum Gasteiger partial charge on any atom is -0.268 e. The predicted octanol–water partition coefficient (Wildman–Crippen LogP) is 20.7. The molecule has 0 bridgehead atoms. The molecule has 0 aromatic heterocycles. The number of carbonyl (C=O) groups excluding carboxylic acids is 2. The number of anilines is 1. The van der Waals surface area contributed by atoms with Crippen LogP contribution in [0, 0.1) is 0 Å². The average Bonchev–Trinajstić information content (AvgIpc) is 3.35. The zero-order chi connectivity index (χ0) is 47.5. The Morgan fingerprint density at radius 3 is 1.16 bits per heavy atom. The van der Waals surface area contributed by atoms with E-state index in [2.05, 4.69) is 91.3 Å². The second-order valence-electron chi connectivity index (χ2n) is 20.9. The van der Waals surface area contributed by atoms with Crippen molar-refractivity contribution >= 4 is 76.5 Å². The summed E-state index contributed by atoms with van der Waals surface area (Å²) in [6, 6.07) is 23.6. The number of halogens is 1. The van der Waals surface area contributed by atoms with Gasteiger partial charge in [0.15, 0.2) is 0 Å². The smallest absolute Gasteiger partial charge is 0.265 e. The lowest BCUT2D eigenvalue weighted by atomic mass is 9.84. The van der Waals surface area contributed by atoms with Gasteiger partial charge in [-0.2, -0.15) is 0 Å². The Balaban J connectivity index is 1.15. The first-order valence-corrected chi connectivity index (χ1v) is 29.1. The van der Waals surface area contributed by atoms with Crippen LogP contribution in [0.25, 0.3) is 43.1 Å². The number of fused-ring (bicyclic) bond motifs is 2. The molecule has 1 aliphatic heterocycles. The summed E-state index contributed by atoms with van der Waals surface area (Å²) in [5, 5.41) is 8.74. The van der Waals surface area contributed by atoms with Crippen molar-refractivity contribution in [3.8, 4) is 0 Å². The van der Waals surface area contributed by atoms with Crippen molar-refractivity contribution in [2.75, 3.05) is 4.90 Å². The van der Waals surface area contributed by atoms with E-state index in [1.54, 1.807) is 4.90 Å². The average molecular weight is 981 g/mol. The third kappa shape index (κ3) is 13.1. The van der Waals surface area contributed by atoms with Crippen LogP contribution < -0.4 is 4.90 Å². The monoisotopic (exact) mass is 980 g/mol. The summed E-state index contributed by atoms with van der Waals surface area (Å²) in [6.45, 7) is 6.89. The van der Waals surface area contributed by atoms with Gasteiger partial charge in [0.1, 0.15) is 0 Å². The van der Waals surface area contributed by atoms with E-state index in [1.807, 2.05) is 12.1 Å². The van der Waals surface area contributed by atoms with Gasteiger partial charge in [-0.1, -0.05) is 246 Å². The van der Waals surface area contributed by atoms with E-state index in [9.17, 15) is 0 Å². The lowest BCUT2D eigenvalue weighted by Gasteiger charge is -2.30. The lowest BCUT2D eigenvalue weighted by Crippen LogP contribution is -2.40. The molecule has 6 aromatic rings. The van der Waals surface area contributed by atoms with Gasteiger partial charge in [-0.15, -0.1) is 0 Å². The molecule has 0 spiro atoms. The Morgan fingerprint density at radius 2 is 0.721 bits per heavy atom. The number of carbonyl (C=O) groups is 2. The Hall–Kier alpha value is -3.76. The second-order valence-corrected chi connectivity index (χ2v) is 21.7. The molecule has 3 nitrogen and oxygen atoms in total. The van der Waals surface area contributed by atoms with E-state index in [0.29, 0.717) is 11.1 Å². The first kappa shape index (κ1) is 52.1. The van der Waals surface area contributed by atoms with Crippen LogP contribution in [0.2, 0.25) is 0 Å². The van der Waals surface area contributed by atoms with Crippen molar-refractivity contribution in [2.24, 2.45) is 0 Å². The fourth-order valence-electron chi connectivity index (χ4n) is 11.8. The number of unbranched alkanes of at least 4 members (excludes halogenated alkanes) is 27. The Kier molecular flexibility index (Phi) is 21.1. The number of hydrogen-bond acceptors (Lipinski definition) is 2. The van der Waals surface area contributed by atoms with Crippen LogP contribution in [0.15, 0.2) is 71.2 Å². The molecular weight excluding hydrogens is 895 g/mol. The molecule has 0 saturated heterocycles. The zero-order valence-electron chi connectivity index (χ0n) is 42.8. The standard InChI is InChI=1S/C64H86BrNO2/c1-4-7-10-13-16-19-22-25-28-31-35-48-46-50(47-49(36-32-29-26-23-20-17-14-11-8-5-2)51(48)37-33-30-27-24-21-18-15-12-9-6-3)66-63(67)57-42-40-54-52-38-34-39-56-59(65)45-44-53(60(52)56)55-41-43-58(64(66)68)62(57)61(54)55/h34,38-47H,4-33,35-37H2,1-3H3. The first-order valence-electron chi connectivity index (χ1n) is 28.3. The maximum absolute atomic E-state index is 15.1. The van der Waals surface area contributed by atoms with Gasteiger partial charge < -0.3 is 0 Å². The molecule has 2 amide bonds. The maximum atomic E-state index is 15.1. The van der Waals surface area contributed by atoms with Crippen molar-refractivity contribution in [1.29, 1.82) is 0 Å². The van der Waals surface area contributed by atoms with Crippen molar-refractivity contribution < 1.29 is 9.59 Å². The van der Waals surface area contributed by atoms with Crippen molar-refractivity contribution in [3.63, 3.8) is 0 Å². The highest BCUT2D eigenvalue weighted by Gasteiger charge is 2.36. The summed E-state index contributed by atoms with van der Waals surface area (Å²) in [5.41, 5.74) is 6.33. The predicted molar refractivity (Wildman–Crippen MR) is 300 cm³/mol. The molecule has 7 rings (SSSR count). The summed E-state index contributed by atoms with van der Waals surface area (Å²) < 4.78 is 1.07. The molecule has 0 saturated carbocycles. The minimum absolute atomic E-state index is 0.191. The van der Waals surface area contributed by atoms with Crippen LogP contribution in [0.1, 0.15) is 251 Å². The summed E-state index contributed by atoms with van der Waals surface area (Å²) >= 11 is 3.80. The third-order valence-electron chi connectivity index (χ3n) is 15.7. The second kappa shape index (κ2) is 27.6. The molecule has 0 unspecified atom stereocenters. The number of imide groups is 1. The van der Waals surface area contributed by atoms with Crippen LogP contribution in [0.3, 0.4) is 0 Å². The fourth-order valence-corrected chi connectivity index (χ4v) is 12.2. The molecule has 0 atom stereocenters. The number of aryl methyl sites for hydroxylation is 2. The summed E-state index contributed by atoms with van der Waals surface area (Å²) in [4.78, 5) is 31.7. The molecule has 1 heterocycles. The number of rotatable bonds is 34. The van der Waals surface area contributed by atoms with Crippen molar-refractivity contribution in [3.05, 3.63) is 99.0 Å². The highest BCUT2D eigenvalue weighted by atomic mass is 79.9. The molecule has 1 aliphatic rings. The zero-order valence-corrected chi connectivity index (χ0v) is 44.4. The van der Waals surface area contributed by atoms with E-state index >= 15 is 9.59 Å².